The van der Waals surface area contributed by atoms with E-state index in [2.05, 4.69) is 24.1 Å². The van der Waals surface area contributed by atoms with Crippen LogP contribution in [0, 0.1) is 5.92 Å². The van der Waals surface area contributed by atoms with Gasteiger partial charge in [0.15, 0.2) is 0 Å². The number of aromatic nitrogens is 1. The Balaban J connectivity index is 2.64. The van der Waals surface area contributed by atoms with Gasteiger partial charge in [0.25, 0.3) is 0 Å². The maximum absolute atomic E-state index is 12.3. The van der Waals surface area contributed by atoms with Crippen molar-refractivity contribution in [2.45, 2.75) is 33.0 Å². The van der Waals surface area contributed by atoms with Crippen molar-refractivity contribution in [1.29, 1.82) is 0 Å². The van der Waals surface area contributed by atoms with Gasteiger partial charge >= 0.3 is 6.18 Å². The van der Waals surface area contributed by atoms with E-state index in [0.717, 1.165) is 17.8 Å². The number of nitrogens with one attached hydrogen (secondary N) is 1. The van der Waals surface area contributed by atoms with E-state index in [-0.39, 0.29) is 6.54 Å². The SMILES string of the molecule is CC(C)CNCc1ccncc1N(C)CCC(F)(F)F. The zero-order chi connectivity index (χ0) is 15.2. The number of hydrogen-bond acceptors (Lipinski definition) is 3. The van der Waals surface area contributed by atoms with Gasteiger partial charge < -0.3 is 10.2 Å². The predicted octanol–water partition coefficient (Wildman–Crippen LogP) is 3.22. The Bertz CT molecular complexity index is 405. The van der Waals surface area contributed by atoms with Crippen molar-refractivity contribution in [2.24, 2.45) is 5.92 Å². The molecule has 0 aliphatic carbocycles. The zero-order valence-electron chi connectivity index (χ0n) is 12.2. The van der Waals surface area contributed by atoms with Gasteiger partial charge in [-0.05, 0) is 24.1 Å². The zero-order valence-corrected chi connectivity index (χ0v) is 12.2. The van der Waals surface area contributed by atoms with E-state index in [1.807, 2.05) is 6.07 Å². The van der Waals surface area contributed by atoms with Gasteiger partial charge in [0.05, 0.1) is 18.3 Å². The molecule has 0 radical (unpaired) electrons. The molecule has 0 aliphatic rings. The van der Waals surface area contributed by atoms with Gasteiger partial charge in [-0.3, -0.25) is 4.98 Å². The molecular weight excluding hydrogens is 267 g/mol. The van der Waals surface area contributed by atoms with E-state index in [0.29, 0.717) is 12.5 Å². The Morgan fingerprint density at radius 1 is 1.35 bits per heavy atom. The summed E-state index contributed by atoms with van der Waals surface area (Å²) in [6, 6.07) is 1.84. The minimum atomic E-state index is -4.13. The van der Waals surface area contributed by atoms with E-state index < -0.39 is 12.6 Å². The van der Waals surface area contributed by atoms with Crippen LogP contribution in [0.1, 0.15) is 25.8 Å². The largest absolute Gasteiger partial charge is 0.390 e. The molecule has 0 atom stereocenters. The topological polar surface area (TPSA) is 28.2 Å². The second-order valence-corrected chi connectivity index (χ2v) is 5.32. The fraction of sp³-hybridized carbons (Fsp3) is 0.643. The number of pyridine rings is 1. The molecule has 20 heavy (non-hydrogen) atoms. The average Bonchev–Trinajstić information content (AvgIpc) is 2.35. The number of alkyl halides is 3. The van der Waals surface area contributed by atoms with Gasteiger partial charge in [-0.1, -0.05) is 13.8 Å². The molecule has 0 aromatic carbocycles. The standard InChI is InChI=1S/C14H22F3N3/c1-11(2)8-19-9-12-4-6-18-10-13(12)20(3)7-5-14(15,16)17/h4,6,10-11,19H,5,7-9H2,1-3H3. The first kappa shape index (κ1) is 16.8. The van der Waals surface area contributed by atoms with Crippen LogP contribution in [0.4, 0.5) is 18.9 Å². The summed E-state index contributed by atoms with van der Waals surface area (Å²) in [5, 5.41) is 3.29. The highest BCUT2D eigenvalue weighted by atomic mass is 19.4. The van der Waals surface area contributed by atoms with E-state index in [1.165, 1.54) is 0 Å². The summed E-state index contributed by atoms with van der Waals surface area (Å²) in [6.45, 7) is 5.65. The summed E-state index contributed by atoms with van der Waals surface area (Å²) in [4.78, 5) is 5.61. The molecule has 1 aromatic rings. The highest BCUT2D eigenvalue weighted by molar-refractivity contribution is 5.50. The molecule has 1 heterocycles. The first-order valence-corrected chi connectivity index (χ1v) is 6.71. The molecule has 0 unspecified atom stereocenters. The van der Waals surface area contributed by atoms with E-state index in [1.54, 1.807) is 24.3 Å². The van der Waals surface area contributed by atoms with Crippen molar-refractivity contribution in [2.75, 3.05) is 25.0 Å². The Kier molecular flexibility index (Phi) is 6.26. The minimum absolute atomic E-state index is 0.0631. The van der Waals surface area contributed by atoms with Crippen molar-refractivity contribution in [1.82, 2.24) is 10.3 Å². The summed E-state index contributed by atoms with van der Waals surface area (Å²) in [7, 11) is 1.66. The van der Waals surface area contributed by atoms with Crippen LogP contribution in [-0.2, 0) is 6.54 Å². The summed E-state index contributed by atoms with van der Waals surface area (Å²) in [5.74, 6) is 0.531. The molecule has 0 spiro atoms. The second-order valence-electron chi connectivity index (χ2n) is 5.32. The van der Waals surface area contributed by atoms with Crippen LogP contribution in [0.3, 0.4) is 0 Å². The average molecular weight is 289 g/mol. The van der Waals surface area contributed by atoms with E-state index >= 15 is 0 Å². The molecule has 0 fully saturated rings. The van der Waals surface area contributed by atoms with Crippen molar-refractivity contribution in [3.8, 4) is 0 Å². The lowest BCUT2D eigenvalue weighted by atomic mass is 10.2. The number of rotatable bonds is 7. The third kappa shape index (κ3) is 6.23. The van der Waals surface area contributed by atoms with Crippen molar-refractivity contribution in [3.63, 3.8) is 0 Å². The van der Waals surface area contributed by atoms with Crippen LogP contribution in [0.15, 0.2) is 18.5 Å². The van der Waals surface area contributed by atoms with Gasteiger partial charge in [-0.25, -0.2) is 0 Å². The number of hydrogen-bond donors (Lipinski definition) is 1. The van der Waals surface area contributed by atoms with Gasteiger partial charge in [0, 0.05) is 26.3 Å². The quantitative estimate of drug-likeness (QED) is 0.835. The number of halogens is 3. The fourth-order valence-corrected chi connectivity index (χ4v) is 1.82. The molecular formula is C14H22F3N3. The Morgan fingerprint density at radius 3 is 2.65 bits per heavy atom. The molecule has 0 saturated heterocycles. The van der Waals surface area contributed by atoms with Crippen LogP contribution in [0.2, 0.25) is 0 Å². The number of anilines is 1. The Hall–Kier alpha value is -1.30. The molecule has 114 valence electrons. The third-order valence-corrected chi connectivity index (χ3v) is 2.90. The molecule has 1 N–H and O–H groups in total. The molecule has 0 amide bonds. The monoisotopic (exact) mass is 289 g/mol. The molecule has 0 bridgehead atoms. The van der Waals surface area contributed by atoms with Crippen LogP contribution in [-0.4, -0.2) is 31.3 Å². The lowest BCUT2D eigenvalue weighted by molar-refractivity contribution is -0.132. The molecule has 0 aliphatic heterocycles. The van der Waals surface area contributed by atoms with E-state index in [4.69, 9.17) is 0 Å². The predicted molar refractivity (Wildman–Crippen MR) is 74.7 cm³/mol. The molecule has 1 aromatic heterocycles. The molecule has 6 heteroatoms. The van der Waals surface area contributed by atoms with E-state index in [9.17, 15) is 13.2 Å². The first-order chi connectivity index (χ1) is 9.29. The smallest absolute Gasteiger partial charge is 0.373 e. The number of nitrogens with zero attached hydrogens (tertiary/aromatic N) is 2. The summed E-state index contributed by atoms with van der Waals surface area (Å²) in [5.41, 5.74) is 1.71. The Labute approximate surface area is 118 Å². The third-order valence-electron chi connectivity index (χ3n) is 2.90. The van der Waals surface area contributed by atoms with Gasteiger partial charge in [-0.2, -0.15) is 13.2 Å². The highest BCUT2D eigenvalue weighted by Crippen LogP contribution is 2.23. The lowest BCUT2D eigenvalue weighted by Gasteiger charge is -2.23. The fourth-order valence-electron chi connectivity index (χ4n) is 1.82. The molecule has 3 nitrogen and oxygen atoms in total. The van der Waals surface area contributed by atoms with Gasteiger partial charge in [-0.15, -0.1) is 0 Å². The van der Waals surface area contributed by atoms with Gasteiger partial charge in [0.1, 0.15) is 0 Å². The minimum Gasteiger partial charge on any atom is -0.373 e. The highest BCUT2D eigenvalue weighted by Gasteiger charge is 2.27. The summed E-state index contributed by atoms with van der Waals surface area (Å²) >= 11 is 0. The van der Waals surface area contributed by atoms with Crippen LogP contribution in [0.5, 0.6) is 0 Å². The van der Waals surface area contributed by atoms with Crippen LogP contribution in [0.25, 0.3) is 0 Å². The molecule has 1 rings (SSSR count). The normalized spacial score (nSPS) is 11.9. The first-order valence-electron chi connectivity index (χ1n) is 6.71. The maximum atomic E-state index is 12.3. The van der Waals surface area contributed by atoms with Crippen LogP contribution >= 0.6 is 0 Å². The molecule has 0 saturated carbocycles. The summed E-state index contributed by atoms with van der Waals surface area (Å²) < 4.78 is 36.8. The van der Waals surface area contributed by atoms with Crippen molar-refractivity contribution < 1.29 is 13.2 Å². The maximum Gasteiger partial charge on any atom is 0.390 e. The Morgan fingerprint density at radius 2 is 2.05 bits per heavy atom. The van der Waals surface area contributed by atoms with Crippen LogP contribution < -0.4 is 10.2 Å². The van der Waals surface area contributed by atoms with Crippen molar-refractivity contribution in [3.05, 3.63) is 24.0 Å². The summed E-state index contributed by atoms with van der Waals surface area (Å²) in [6.07, 6.45) is -1.68. The second kappa shape index (κ2) is 7.47. The van der Waals surface area contributed by atoms with Gasteiger partial charge in [0.2, 0.25) is 0 Å². The van der Waals surface area contributed by atoms with Crippen molar-refractivity contribution >= 4 is 5.69 Å². The lowest BCUT2D eigenvalue weighted by Crippen LogP contribution is -2.26.